The summed E-state index contributed by atoms with van der Waals surface area (Å²) in [5.41, 5.74) is 0.512. The molecular weight excluding hydrogens is 328 g/mol. The molecule has 0 spiro atoms. The number of carbonyl (C=O) groups is 2. The first-order valence-electron chi connectivity index (χ1n) is 8.43. The standard InChI is InChI=1S/C18H23ClN2O3/c1-12-10-14(15(24-2)11-13(12)19)20-16(22)18(6-7-18)17(23)21-8-4-3-5-9-21/h10-11H,3-9H2,1-2H3,(H,20,22). The highest BCUT2D eigenvalue weighted by Gasteiger charge is 2.58. The van der Waals surface area contributed by atoms with Gasteiger partial charge in [0.2, 0.25) is 11.8 Å². The fourth-order valence-electron chi connectivity index (χ4n) is 3.23. The van der Waals surface area contributed by atoms with Gasteiger partial charge in [-0.2, -0.15) is 0 Å². The fraction of sp³-hybridized carbons (Fsp3) is 0.556. The van der Waals surface area contributed by atoms with E-state index in [1.54, 1.807) is 12.1 Å². The van der Waals surface area contributed by atoms with Crippen molar-refractivity contribution in [3.05, 3.63) is 22.7 Å². The van der Waals surface area contributed by atoms with Gasteiger partial charge in [0, 0.05) is 24.2 Å². The number of nitrogens with zero attached hydrogens (tertiary/aromatic N) is 1. The Bertz CT molecular complexity index is 664. The van der Waals surface area contributed by atoms with Crippen LogP contribution in [0.4, 0.5) is 5.69 Å². The van der Waals surface area contributed by atoms with E-state index in [2.05, 4.69) is 5.32 Å². The monoisotopic (exact) mass is 350 g/mol. The normalized spacial score (nSPS) is 18.9. The number of rotatable bonds is 4. The highest BCUT2D eigenvalue weighted by molar-refractivity contribution is 6.31. The molecule has 0 unspecified atom stereocenters. The summed E-state index contributed by atoms with van der Waals surface area (Å²) in [6.07, 6.45) is 4.43. The van der Waals surface area contributed by atoms with Gasteiger partial charge in [0.1, 0.15) is 11.2 Å². The van der Waals surface area contributed by atoms with Crippen LogP contribution in [0.25, 0.3) is 0 Å². The van der Waals surface area contributed by atoms with Gasteiger partial charge in [0.15, 0.2) is 0 Å². The van der Waals surface area contributed by atoms with Crippen molar-refractivity contribution in [3.8, 4) is 5.75 Å². The van der Waals surface area contributed by atoms with Gasteiger partial charge in [-0.05, 0) is 50.7 Å². The number of piperidine rings is 1. The van der Waals surface area contributed by atoms with Crippen LogP contribution in [0.5, 0.6) is 5.75 Å². The number of likely N-dealkylation sites (tertiary alicyclic amines) is 1. The zero-order valence-electron chi connectivity index (χ0n) is 14.2. The van der Waals surface area contributed by atoms with Crippen molar-refractivity contribution >= 4 is 29.1 Å². The third kappa shape index (κ3) is 3.09. The SMILES string of the molecule is COc1cc(Cl)c(C)cc1NC(=O)C1(C(=O)N2CCCCC2)CC1. The van der Waals surface area contributed by atoms with E-state index in [4.69, 9.17) is 16.3 Å². The van der Waals surface area contributed by atoms with E-state index in [0.29, 0.717) is 29.3 Å². The molecule has 0 bridgehead atoms. The zero-order valence-corrected chi connectivity index (χ0v) is 14.9. The summed E-state index contributed by atoms with van der Waals surface area (Å²) < 4.78 is 5.30. The summed E-state index contributed by atoms with van der Waals surface area (Å²) in [6, 6.07) is 3.46. The minimum Gasteiger partial charge on any atom is -0.495 e. The average molecular weight is 351 g/mol. The Kier molecular flexibility index (Phi) is 4.72. The molecular formula is C18H23ClN2O3. The number of nitrogens with one attached hydrogen (secondary N) is 1. The third-order valence-corrected chi connectivity index (χ3v) is 5.37. The lowest BCUT2D eigenvalue weighted by Crippen LogP contribution is -2.45. The van der Waals surface area contributed by atoms with Crippen LogP contribution in [0.1, 0.15) is 37.7 Å². The molecule has 5 nitrogen and oxygen atoms in total. The number of hydrogen-bond acceptors (Lipinski definition) is 3. The van der Waals surface area contributed by atoms with Crippen LogP contribution in [-0.4, -0.2) is 36.9 Å². The second-order valence-electron chi connectivity index (χ2n) is 6.69. The minimum absolute atomic E-state index is 0.0237. The van der Waals surface area contributed by atoms with E-state index >= 15 is 0 Å². The van der Waals surface area contributed by atoms with Gasteiger partial charge < -0.3 is 15.0 Å². The Morgan fingerprint density at radius 3 is 2.46 bits per heavy atom. The maximum atomic E-state index is 12.8. The van der Waals surface area contributed by atoms with E-state index in [9.17, 15) is 9.59 Å². The van der Waals surface area contributed by atoms with Gasteiger partial charge in [-0.3, -0.25) is 9.59 Å². The molecule has 1 saturated heterocycles. The largest absolute Gasteiger partial charge is 0.495 e. The van der Waals surface area contributed by atoms with Crippen LogP contribution in [0.3, 0.4) is 0 Å². The summed E-state index contributed by atoms with van der Waals surface area (Å²) in [4.78, 5) is 27.4. The number of ether oxygens (including phenoxy) is 1. The van der Waals surface area contributed by atoms with E-state index in [-0.39, 0.29) is 11.8 Å². The van der Waals surface area contributed by atoms with Crippen LogP contribution < -0.4 is 10.1 Å². The van der Waals surface area contributed by atoms with E-state index in [1.165, 1.54) is 7.11 Å². The Morgan fingerprint density at radius 2 is 1.88 bits per heavy atom. The number of amides is 2. The highest BCUT2D eigenvalue weighted by Crippen LogP contribution is 2.49. The van der Waals surface area contributed by atoms with Crippen molar-refractivity contribution in [2.45, 2.75) is 39.0 Å². The minimum atomic E-state index is -0.893. The smallest absolute Gasteiger partial charge is 0.240 e. The predicted octanol–water partition coefficient (Wildman–Crippen LogP) is 3.39. The molecule has 0 aromatic heterocycles. The maximum Gasteiger partial charge on any atom is 0.240 e. The molecule has 3 rings (SSSR count). The molecule has 1 N–H and O–H groups in total. The first-order chi connectivity index (χ1) is 11.5. The lowest BCUT2D eigenvalue weighted by molar-refractivity contribution is -0.143. The van der Waals surface area contributed by atoms with Crippen LogP contribution in [0.2, 0.25) is 5.02 Å². The number of anilines is 1. The van der Waals surface area contributed by atoms with Gasteiger partial charge >= 0.3 is 0 Å². The number of methoxy groups -OCH3 is 1. The third-order valence-electron chi connectivity index (χ3n) is 4.97. The van der Waals surface area contributed by atoms with Crippen molar-refractivity contribution < 1.29 is 14.3 Å². The number of aryl methyl sites for hydroxylation is 1. The molecule has 1 aliphatic heterocycles. The van der Waals surface area contributed by atoms with Crippen molar-refractivity contribution in [1.29, 1.82) is 0 Å². The summed E-state index contributed by atoms with van der Waals surface area (Å²) in [7, 11) is 1.53. The molecule has 1 aromatic carbocycles. The molecule has 130 valence electrons. The topological polar surface area (TPSA) is 58.6 Å². The number of carbonyl (C=O) groups excluding carboxylic acids is 2. The Hall–Kier alpha value is -1.75. The highest BCUT2D eigenvalue weighted by atomic mass is 35.5. The second-order valence-corrected chi connectivity index (χ2v) is 7.10. The number of benzene rings is 1. The summed E-state index contributed by atoms with van der Waals surface area (Å²) in [5.74, 6) is 0.239. The maximum absolute atomic E-state index is 12.8. The molecule has 1 aromatic rings. The van der Waals surface area contributed by atoms with Gasteiger partial charge in [-0.25, -0.2) is 0 Å². The van der Waals surface area contributed by atoms with Gasteiger partial charge in [0.25, 0.3) is 0 Å². The number of halogens is 1. The summed E-state index contributed by atoms with van der Waals surface area (Å²) >= 11 is 6.10. The zero-order chi connectivity index (χ0) is 17.3. The summed E-state index contributed by atoms with van der Waals surface area (Å²) in [6.45, 7) is 3.39. The molecule has 1 heterocycles. The molecule has 6 heteroatoms. The lowest BCUT2D eigenvalue weighted by Gasteiger charge is -2.30. The molecule has 2 amide bonds. The predicted molar refractivity (Wildman–Crippen MR) is 93.5 cm³/mol. The molecule has 0 atom stereocenters. The van der Waals surface area contributed by atoms with Crippen molar-refractivity contribution in [2.75, 3.05) is 25.5 Å². The van der Waals surface area contributed by atoms with Gasteiger partial charge in [-0.15, -0.1) is 0 Å². The first kappa shape index (κ1) is 17.1. The van der Waals surface area contributed by atoms with E-state index in [0.717, 1.165) is 37.9 Å². The average Bonchev–Trinajstić information content (AvgIpc) is 3.40. The van der Waals surface area contributed by atoms with Crippen LogP contribution >= 0.6 is 11.6 Å². The van der Waals surface area contributed by atoms with Crippen molar-refractivity contribution in [2.24, 2.45) is 5.41 Å². The molecule has 2 fully saturated rings. The van der Waals surface area contributed by atoms with Crippen LogP contribution in [0.15, 0.2) is 12.1 Å². The van der Waals surface area contributed by atoms with Crippen molar-refractivity contribution in [3.63, 3.8) is 0 Å². The Balaban J connectivity index is 1.77. The molecule has 0 radical (unpaired) electrons. The molecule has 24 heavy (non-hydrogen) atoms. The van der Waals surface area contributed by atoms with Crippen LogP contribution in [-0.2, 0) is 9.59 Å². The molecule has 1 saturated carbocycles. The quantitative estimate of drug-likeness (QED) is 0.847. The lowest BCUT2D eigenvalue weighted by atomic mass is 10.0. The fourth-order valence-corrected chi connectivity index (χ4v) is 3.39. The van der Waals surface area contributed by atoms with Crippen LogP contribution in [0, 0.1) is 12.3 Å². The molecule has 1 aliphatic carbocycles. The van der Waals surface area contributed by atoms with Gasteiger partial charge in [-0.1, -0.05) is 11.6 Å². The second kappa shape index (κ2) is 6.63. The molecule has 2 aliphatic rings. The van der Waals surface area contributed by atoms with E-state index in [1.807, 2.05) is 11.8 Å². The van der Waals surface area contributed by atoms with E-state index < -0.39 is 5.41 Å². The first-order valence-corrected chi connectivity index (χ1v) is 8.81. The van der Waals surface area contributed by atoms with Crippen molar-refractivity contribution in [1.82, 2.24) is 4.90 Å². The Labute approximate surface area is 147 Å². The Morgan fingerprint density at radius 1 is 1.21 bits per heavy atom. The summed E-state index contributed by atoms with van der Waals surface area (Å²) in [5, 5.41) is 3.46. The van der Waals surface area contributed by atoms with Gasteiger partial charge in [0.05, 0.1) is 12.8 Å². The number of hydrogen-bond donors (Lipinski definition) is 1.